The topological polar surface area (TPSA) is 140 Å². The summed E-state index contributed by atoms with van der Waals surface area (Å²) in [6.07, 6.45) is 8.15. The van der Waals surface area contributed by atoms with Crippen LogP contribution in [0.5, 0.6) is 5.88 Å². The first-order valence-electron chi connectivity index (χ1n) is 13.1. The molecule has 5 aromatic rings. The predicted octanol–water partition coefficient (Wildman–Crippen LogP) is 5.42. The molecule has 0 bridgehead atoms. The van der Waals surface area contributed by atoms with Crippen molar-refractivity contribution in [2.75, 3.05) is 62.3 Å². The molecule has 4 aromatic heterocycles. The number of nitrogens with one attached hydrogen (secondary N) is 2. The lowest BCUT2D eigenvalue weighted by Gasteiger charge is -2.30. The van der Waals surface area contributed by atoms with Crippen LogP contribution in [0.15, 0.2) is 64.3 Å². The van der Waals surface area contributed by atoms with Crippen molar-refractivity contribution >= 4 is 68.4 Å². The molecule has 1 aliphatic rings. The van der Waals surface area contributed by atoms with Gasteiger partial charge in [-0.25, -0.2) is 4.98 Å². The van der Waals surface area contributed by atoms with Crippen molar-refractivity contribution in [1.82, 2.24) is 24.9 Å². The van der Waals surface area contributed by atoms with Crippen molar-refractivity contribution in [3.8, 4) is 17.0 Å². The van der Waals surface area contributed by atoms with Gasteiger partial charge >= 0.3 is 0 Å². The van der Waals surface area contributed by atoms with E-state index in [1.807, 2.05) is 24.3 Å². The minimum atomic E-state index is -2.76. The highest BCUT2D eigenvalue weighted by molar-refractivity contribution is 9.10. The lowest BCUT2D eigenvalue weighted by molar-refractivity contribution is 0.122. The van der Waals surface area contributed by atoms with Gasteiger partial charge in [-0.15, -0.1) is 0 Å². The Labute approximate surface area is 250 Å². The second kappa shape index (κ2) is 11.7. The van der Waals surface area contributed by atoms with Gasteiger partial charge in [-0.3, -0.25) is 9.97 Å². The van der Waals surface area contributed by atoms with Crippen molar-refractivity contribution in [2.45, 2.75) is 0 Å². The highest BCUT2D eigenvalue weighted by atomic mass is 79.9. The number of hydrogen-bond acceptors (Lipinski definition) is 12. The normalized spacial score (nSPS) is 13.8. The Morgan fingerprint density at radius 2 is 1.83 bits per heavy atom. The van der Waals surface area contributed by atoms with Crippen LogP contribution in [0.2, 0.25) is 0 Å². The third kappa shape index (κ3) is 5.67. The molecule has 1 aromatic carbocycles. The molecular formula is C28H28BrN8O4P. The maximum atomic E-state index is 13.4. The van der Waals surface area contributed by atoms with Crippen molar-refractivity contribution in [2.24, 2.45) is 0 Å². The average Bonchev–Trinajstić information content (AvgIpc) is 3.53. The average molecular weight is 651 g/mol. The molecule has 1 aliphatic heterocycles. The Bertz CT molecular complexity index is 1790. The SMILES string of the molecule is COc1nc(N2CCOCC2)c(-c2ccoc2)cc1Nc1ncc(Br)c(Nc2ccc3nccnc3c2P(C)(C)=O)n1. The second-order valence-electron chi connectivity index (χ2n) is 9.90. The van der Waals surface area contributed by atoms with E-state index >= 15 is 0 Å². The van der Waals surface area contributed by atoms with Crippen LogP contribution in [0.4, 0.5) is 29.0 Å². The largest absolute Gasteiger partial charge is 0.479 e. The zero-order valence-electron chi connectivity index (χ0n) is 23.2. The van der Waals surface area contributed by atoms with E-state index in [9.17, 15) is 4.57 Å². The molecule has 0 spiro atoms. The monoisotopic (exact) mass is 650 g/mol. The molecule has 6 rings (SSSR count). The van der Waals surface area contributed by atoms with Gasteiger partial charge in [-0.1, -0.05) is 0 Å². The summed E-state index contributed by atoms with van der Waals surface area (Å²) < 4.78 is 30.6. The minimum Gasteiger partial charge on any atom is -0.479 e. The van der Waals surface area contributed by atoms with Crippen LogP contribution in [0.1, 0.15) is 0 Å². The van der Waals surface area contributed by atoms with E-state index in [-0.39, 0.29) is 0 Å². The first-order chi connectivity index (χ1) is 20.3. The molecule has 0 saturated carbocycles. The van der Waals surface area contributed by atoms with Crippen LogP contribution in [0.3, 0.4) is 0 Å². The number of halogens is 1. The van der Waals surface area contributed by atoms with Crippen LogP contribution in [0.25, 0.3) is 22.2 Å². The molecule has 216 valence electrons. The number of rotatable bonds is 8. The molecule has 42 heavy (non-hydrogen) atoms. The van der Waals surface area contributed by atoms with Crippen LogP contribution in [-0.2, 0) is 9.30 Å². The van der Waals surface area contributed by atoms with Crippen molar-refractivity contribution in [3.05, 3.63) is 59.9 Å². The Morgan fingerprint density at radius 3 is 2.57 bits per heavy atom. The zero-order chi connectivity index (χ0) is 29.3. The van der Waals surface area contributed by atoms with E-state index < -0.39 is 7.14 Å². The Hall–Kier alpha value is -4.06. The van der Waals surface area contributed by atoms with Gasteiger partial charge < -0.3 is 34.0 Å². The number of fused-ring (bicyclic) bond motifs is 1. The smallest absolute Gasteiger partial charge is 0.239 e. The molecule has 5 heterocycles. The van der Waals surface area contributed by atoms with E-state index in [1.165, 1.54) is 0 Å². The number of benzene rings is 1. The number of hydrogen-bond donors (Lipinski definition) is 2. The fourth-order valence-electron chi connectivity index (χ4n) is 4.81. The third-order valence-electron chi connectivity index (χ3n) is 6.70. The summed E-state index contributed by atoms with van der Waals surface area (Å²) in [7, 11) is -1.19. The molecule has 0 radical (unpaired) electrons. The molecule has 0 atom stereocenters. The van der Waals surface area contributed by atoms with E-state index in [0.29, 0.717) is 76.1 Å². The Balaban J connectivity index is 1.37. The molecule has 0 aliphatic carbocycles. The zero-order valence-corrected chi connectivity index (χ0v) is 25.6. The summed E-state index contributed by atoms with van der Waals surface area (Å²) >= 11 is 3.54. The summed E-state index contributed by atoms with van der Waals surface area (Å²) in [6, 6.07) is 7.51. The number of ether oxygens (including phenoxy) is 2. The van der Waals surface area contributed by atoms with Crippen LogP contribution in [0, 0.1) is 0 Å². The van der Waals surface area contributed by atoms with E-state index in [4.69, 9.17) is 23.9 Å². The summed E-state index contributed by atoms with van der Waals surface area (Å²) in [5.41, 5.74) is 4.20. The molecular weight excluding hydrogens is 623 g/mol. The van der Waals surface area contributed by atoms with Gasteiger partial charge in [0.1, 0.15) is 30.0 Å². The van der Waals surface area contributed by atoms with E-state index in [0.717, 1.165) is 16.9 Å². The summed E-state index contributed by atoms with van der Waals surface area (Å²) in [5, 5.41) is 7.19. The number of pyridine rings is 1. The molecule has 0 amide bonds. The quantitative estimate of drug-likeness (QED) is 0.207. The minimum absolute atomic E-state index is 0.302. The Morgan fingerprint density at radius 1 is 1.02 bits per heavy atom. The fourth-order valence-corrected chi connectivity index (χ4v) is 6.49. The van der Waals surface area contributed by atoms with Gasteiger partial charge in [0.2, 0.25) is 11.8 Å². The lowest BCUT2D eigenvalue weighted by atomic mass is 10.1. The van der Waals surface area contributed by atoms with Gasteiger partial charge in [0, 0.05) is 42.8 Å². The third-order valence-corrected chi connectivity index (χ3v) is 8.81. The van der Waals surface area contributed by atoms with Gasteiger partial charge in [0.15, 0.2) is 0 Å². The first kappa shape index (κ1) is 28.1. The first-order valence-corrected chi connectivity index (χ1v) is 16.5. The number of aromatic nitrogens is 5. The van der Waals surface area contributed by atoms with Crippen LogP contribution in [-0.4, -0.2) is 71.7 Å². The lowest BCUT2D eigenvalue weighted by Crippen LogP contribution is -2.37. The van der Waals surface area contributed by atoms with Crippen LogP contribution >= 0.6 is 23.1 Å². The number of methoxy groups -OCH3 is 1. The Kier molecular flexibility index (Phi) is 7.80. The summed E-state index contributed by atoms with van der Waals surface area (Å²) in [5.74, 6) is 1.93. The standard InChI is InChI=1S/C28H28BrN8O4P/c1-39-27-22(14-18(17-6-11-41-16-17)26(36-27)37-9-12-40-13-10-37)34-28-32-15-19(29)25(35-28)33-21-5-4-20-23(31-8-7-30-20)24(21)42(2,3)38/h4-8,11,14-16H,9-10,12-13H2,1-3H3,(H2,32,33,34,35). The fraction of sp³-hybridized carbons (Fsp3) is 0.250. The summed E-state index contributed by atoms with van der Waals surface area (Å²) in [6.45, 7) is 6.08. The maximum Gasteiger partial charge on any atom is 0.239 e. The van der Waals surface area contributed by atoms with Gasteiger partial charge in [0.05, 0.1) is 53.8 Å². The van der Waals surface area contributed by atoms with Crippen molar-refractivity contribution < 1.29 is 18.5 Å². The summed E-state index contributed by atoms with van der Waals surface area (Å²) in [4.78, 5) is 25.0. The van der Waals surface area contributed by atoms with Crippen LogP contribution < -0.4 is 25.6 Å². The highest BCUT2D eigenvalue weighted by Gasteiger charge is 2.24. The molecule has 12 nitrogen and oxygen atoms in total. The molecule has 14 heteroatoms. The van der Waals surface area contributed by atoms with Gasteiger partial charge in [-0.05, 0) is 53.5 Å². The number of furan rings is 1. The van der Waals surface area contributed by atoms with E-state index in [2.05, 4.69) is 46.4 Å². The molecule has 0 unspecified atom stereocenters. The predicted molar refractivity (Wildman–Crippen MR) is 166 cm³/mol. The highest BCUT2D eigenvalue weighted by Crippen LogP contribution is 2.42. The van der Waals surface area contributed by atoms with E-state index in [1.54, 1.807) is 51.6 Å². The molecule has 1 saturated heterocycles. The second-order valence-corrected chi connectivity index (χ2v) is 13.9. The number of anilines is 5. The van der Waals surface area contributed by atoms with Crippen molar-refractivity contribution in [1.29, 1.82) is 0 Å². The molecule has 1 fully saturated rings. The maximum absolute atomic E-state index is 13.4. The number of morpholine rings is 1. The van der Waals surface area contributed by atoms with Gasteiger partial charge in [-0.2, -0.15) is 9.97 Å². The molecule has 2 N–H and O–H groups in total. The number of nitrogens with zero attached hydrogens (tertiary/aromatic N) is 6. The van der Waals surface area contributed by atoms with Crippen molar-refractivity contribution in [3.63, 3.8) is 0 Å². The van der Waals surface area contributed by atoms with Gasteiger partial charge in [0.25, 0.3) is 0 Å².